The van der Waals surface area contributed by atoms with E-state index in [1.165, 1.54) is 0 Å². The molecule has 0 bridgehead atoms. The highest BCUT2D eigenvalue weighted by atomic mass is 32.1. The predicted octanol–water partition coefficient (Wildman–Crippen LogP) is 1.11. The molecule has 2 N–H and O–H groups in total. The highest BCUT2D eigenvalue weighted by Gasteiger charge is 2.08. The molecule has 0 aromatic carbocycles. The number of thiocarbonyl (C=S) groups is 1. The average molecular weight is 272 g/mol. The zero-order chi connectivity index (χ0) is 13.4. The van der Waals surface area contributed by atoms with E-state index in [0.29, 0.717) is 30.7 Å². The van der Waals surface area contributed by atoms with Crippen molar-refractivity contribution in [1.82, 2.24) is 15.1 Å². The van der Waals surface area contributed by atoms with E-state index in [9.17, 15) is 0 Å². The minimum absolute atomic E-state index is 0.288. The van der Waals surface area contributed by atoms with Crippen molar-refractivity contribution in [3.8, 4) is 0 Å². The molecule has 0 atom stereocenters. The second-order valence-electron chi connectivity index (χ2n) is 3.55. The van der Waals surface area contributed by atoms with Gasteiger partial charge in [-0.3, -0.25) is 4.68 Å². The normalized spacial score (nSPS) is 10.7. The Kier molecular flexibility index (Phi) is 6.63. The van der Waals surface area contributed by atoms with E-state index >= 15 is 0 Å². The summed E-state index contributed by atoms with van der Waals surface area (Å²) in [6.07, 6.45) is 1.55. The van der Waals surface area contributed by atoms with Crippen LogP contribution in [0.25, 0.3) is 0 Å². The van der Waals surface area contributed by atoms with Crippen molar-refractivity contribution in [1.29, 1.82) is 0 Å². The van der Waals surface area contributed by atoms with Gasteiger partial charge in [-0.1, -0.05) is 0 Å². The fourth-order valence-corrected chi connectivity index (χ4v) is 1.54. The van der Waals surface area contributed by atoms with E-state index in [1.807, 2.05) is 33.2 Å². The number of rotatable bonds is 7. The van der Waals surface area contributed by atoms with Crippen LogP contribution in [0.2, 0.25) is 0 Å². The van der Waals surface area contributed by atoms with Crippen molar-refractivity contribution < 1.29 is 9.47 Å². The summed E-state index contributed by atoms with van der Waals surface area (Å²) >= 11 is 5.15. The molecular formula is C11H20N4O2S. The molecule has 0 aliphatic carbocycles. The lowest BCUT2D eigenvalue weighted by Crippen LogP contribution is -2.37. The van der Waals surface area contributed by atoms with Gasteiger partial charge in [0.15, 0.2) is 17.2 Å². The van der Waals surface area contributed by atoms with E-state index in [4.69, 9.17) is 21.7 Å². The summed E-state index contributed by atoms with van der Waals surface area (Å²) in [6, 6.07) is 1.84. The molecule has 0 saturated heterocycles. The molecule has 1 heterocycles. The Morgan fingerprint density at radius 2 is 2.11 bits per heavy atom. The van der Waals surface area contributed by atoms with E-state index in [0.717, 1.165) is 0 Å². The minimum atomic E-state index is -0.288. The van der Waals surface area contributed by atoms with Crippen LogP contribution in [-0.4, -0.2) is 40.9 Å². The maximum atomic E-state index is 5.40. The molecule has 0 radical (unpaired) electrons. The van der Waals surface area contributed by atoms with Crippen LogP contribution < -0.4 is 10.6 Å². The fourth-order valence-electron chi connectivity index (χ4n) is 1.36. The molecule has 1 rings (SSSR count). The second-order valence-corrected chi connectivity index (χ2v) is 3.96. The number of anilines is 1. The van der Waals surface area contributed by atoms with Crippen LogP contribution >= 0.6 is 12.2 Å². The van der Waals surface area contributed by atoms with Gasteiger partial charge in [-0.2, -0.15) is 5.10 Å². The van der Waals surface area contributed by atoms with Crippen LogP contribution in [0.4, 0.5) is 5.82 Å². The van der Waals surface area contributed by atoms with Gasteiger partial charge in [-0.15, -0.1) is 0 Å². The maximum Gasteiger partial charge on any atom is 0.174 e. The lowest BCUT2D eigenvalue weighted by Gasteiger charge is -2.18. The lowest BCUT2D eigenvalue weighted by atomic mass is 10.6. The summed E-state index contributed by atoms with van der Waals surface area (Å²) in [6.45, 7) is 5.56. The summed E-state index contributed by atoms with van der Waals surface area (Å²) in [5.74, 6) is 0.708. The van der Waals surface area contributed by atoms with E-state index in [2.05, 4.69) is 15.7 Å². The molecule has 1 aromatic heterocycles. The first-order chi connectivity index (χ1) is 8.65. The SMILES string of the molecule is CCOC(CNC(=S)Nc1ccn(C)n1)OCC. The minimum Gasteiger partial charge on any atom is -0.357 e. The monoisotopic (exact) mass is 272 g/mol. The third kappa shape index (κ3) is 5.44. The summed E-state index contributed by atoms with van der Waals surface area (Å²) in [5.41, 5.74) is 0. The van der Waals surface area contributed by atoms with Gasteiger partial charge < -0.3 is 20.1 Å². The van der Waals surface area contributed by atoms with Gasteiger partial charge in [0.25, 0.3) is 0 Å². The van der Waals surface area contributed by atoms with Gasteiger partial charge in [0.1, 0.15) is 0 Å². The molecular weight excluding hydrogens is 252 g/mol. The molecule has 0 amide bonds. The van der Waals surface area contributed by atoms with Crippen molar-refractivity contribution in [2.45, 2.75) is 20.1 Å². The van der Waals surface area contributed by atoms with Crippen molar-refractivity contribution in [2.24, 2.45) is 7.05 Å². The third-order valence-corrected chi connectivity index (χ3v) is 2.34. The van der Waals surface area contributed by atoms with Gasteiger partial charge in [-0.05, 0) is 26.1 Å². The number of aromatic nitrogens is 2. The number of ether oxygens (including phenoxy) is 2. The van der Waals surface area contributed by atoms with Gasteiger partial charge >= 0.3 is 0 Å². The van der Waals surface area contributed by atoms with Crippen molar-refractivity contribution in [3.05, 3.63) is 12.3 Å². The maximum absolute atomic E-state index is 5.40. The Labute approximate surface area is 113 Å². The highest BCUT2D eigenvalue weighted by molar-refractivity contribution is 7.80. The first-order valence-corrected chi connectivity index (χ1v) is 6.34. The van der Waals surface area contributed by atoms with Crippen LogP contribution in [-0.2, 0) is 16.5 Å². The van der Waals surface area contributed by atoms with Gasteiger partial charge in [-0.25, -0.2) is 0 Å². The summed E-state index contributed by atoms with van der Waals surface area (Å²) in [7, 11) is 1.85. The summed E-state index contributed by atoms with van der Waals surface area (Å²) < 4.78 is 12.5. The molecule has 102 valence electrons. The number of nitrogens with one attached hydrogen (secondary N) is 2. The molecule has 1 aromatic rings. The number of hydrogen-bond acceptors (Lipinski definition) is 4. The van der Waals surface area contributed by atoms with Crippen LogP contribution in [0.15, 0.2) is 12.3 Å². The molecule has 0 aliphatic rings. The first kappa shape index (κ1) is 14.9. The van der Waals surface area contributed by atoms with Crippen molar-refractivity contribution in [2.75, 3.05) is 25.1 Å². The Morgan fingerprint density at radius 1 is 1.44 bits per heavy atom. The van der Waals surface area contributed by atoms with Gasteiger partial charge in [0, 0.05) is 32.5 Å². The smallest absolute Gasteiger partial charge is 0.174 e. The Bertz CT molecular complexity index is 364. The van der Waals surface area contributed by atoms with E-state index in [-0.39, 0.29) is 6.29 Å². The van der Waals surface area contributed by atoms with Crippen LogP contribution in [0.3, 0.4) is 0 Å². The first-order valence-electron chi connectivity index (χ1n) is 5.93. The fraction of sp³-hybridized carbons (Fsp3) is 0.636. The largest absolute Gasteiger partial charge is 0.357 e. The third-order valence-electron chi connectivity index (χ3n) is 2.09. The quantitative estimate of drug-likeness (QED) is 0.573. The Hall–Kier alpha value is -1.18. The Balaban J connectivity index is 2.30. The number of aryl methyl sites for hydroxylation is 1. The molecule has 0 fully saturated rings. The molecule has 7 heteroatoms. The zero-order valence-corrected chi connectivity index (χ0v) is 11.8. The number of nitrogens with zero attached hydrogens (tertiary/aromatic N) is 2. The molecule has 0 spiro atoms. The molecule has 0 aliphatic heterocycles. The van der Waals surface area contributed by atoms with Gasteiger partial charge in [0.05, 0.1) is 6.54 Å². The van der Waals surface area contributed by atoms with Crippen molar-refractivity contribution in [3.63, 3.8) is 0 Å². The van der Waals surface area contributed by atoms with Crippen LogP contribution in [0, 0.1) is 0 Å². The molecule has 0 unspecified atom stereocenters. The topological polar surface area (TPSA) is 60.3 Å². The standard InChI is InChI=1S/C11H20N4O2S/c1-4-16-10(17-5-2)8-12-11(18)13-9-6-7-15(3)14-9/h6-7,10H,4-5,8H2,1-3H3,(H2,12,13,14,18). The van der Waals surface area contributed by atoms with Gasteiger partial charge in [0.2, 0.25) is 0 Å². The van der Waals surface area contributed by atoms with Crippen LogP contribution in [0.5, 0.6) is 0 Å². The highest BCUT2D eigenvalue weighted by Crippen LogP contribution is 2.00. The van der Waals surface area contributed by atoms with E-state index < -0.39 is 0 Å². The van der Waals surface area contributed by atoms with E-state index in [1.54, 1.807) is 4.68 Å². The zero-order valence-electron chi connectivity index (χ0n) is 11.0. The Morgan fingerprint density at radius 3 is 2.61 bits per heavy atom. The summed E-state index contributed by atoms with van der Waals surface area (Å²) in [5, 5.41) is 10.7. The molecule has 0 saturated carbocycles. The van der Waals surface area contributed by atoms with Crippen LogP contribution in [0.1, 0.15) is 13.8 Å². The molecule has 6 nitrogen and oxygen atoms in total. The molecule has 18 heavy (non-hydrogen) atoms. The summed E-state index contributed by atoms with van der Waals surface area (Å²) in [4.78, 5) is 0. The average Bonchev–Trinajstić information content (AvgIpc) is 2.72. The van der Waals surface area contributed by atoms with Crippen molar-refractivity contribution >= 4 is 23.1 Å². The predicted molar refractivity (Wildman–Crippen MR) is 74.5 cm³/mol. The lowest BCUT2D eigenvalue weighted by molar-refractivity contribution is -0.130. The second kappa shape index (κ2) is 8.02. The number of hydrogen-bond donors (Lipinski definition) is 2.